The van der Waals surface area contributed by atoms with Crippen molar-refractivity contribution in [1.82, 2.24) is 0 Å². The number of aliphatic hydroxyl groups is 1. The molecular formula is C18H24O7. The second-order valence-electron chi connectivity index (χ2n) is 6.68. The molecule has 0 aliphatic carbocycles. The molecule has 0 saturated carbocycles. The highest BCUT2D eigenvalue weighted by Crippen LogP contribution is 2.40. The first-order valence-corrected chi connectivity index (χ1v) is 8.31. The van der Waals surface area contributed by atoms with Crippen LogP contribution < -0.4 is 0 Å². The molecule has 7 nitrogen and oxygen atoms in total. The Morgan fingerprint density at radius 3 is 2.68 bits per heavy atom. The third-order valence-electron chi connectivity index (χ3n) is 4.29. The summed E-state index contributed by atoms with van der Waals surface area (Å²) in [5.74, 6) is -1.31. The smallest absolute Gasteiger partial charge is 0.308 e. The normalized spacial score (nSPS) is 31.5. The lowest BCUT2D eigenvalue weighted by atomic mass is 10.0. The van der Waals surface area contributed by atoms with Crippen molar-refractivity contribution in [3.05, 3.63) is 35.9 Å². The number of benzene rings is 1. The average Bonchev–Trinajstić information content (AvgIpc) is 3.05. The third-order valence-corrected chi connectivity index (χ3v) is 4.29. The maximum Gasteiger partial charge on any atom is 0.308 e. The molecule has 0 aromatic heterocycles. The van der Waals surface area contributed by atoms with Gasteiger partial charge in [-0.25, -0.2) is 0 Å². The van der Waals surface area contributed by atoms with Gasteiger partial charge in [-0.1, -0.05) is 30.3 Å². The molecule has 1 N–H and O–H groups in total. The summed E-state index contributed by atoms with van der Waals surface area (Å²) in [5, 5.41) is 10.4. The van der Waals surface area contributed by atoms with Crippen LogP contribution in [0.2, 0.25) is 0 Å². The van der Waals surface area contributed by atoms with E-state index in [0.717, 1.165) is 5.56 Å². The van der Waals surface area contributed by atoms with Crippen LogP contribution in [0.3, 0.4) is 0 Å². The van der Waals surface area contributed by atoms with Crippen molar-refractivity contribution in [1.29, 1.82) is 0 Å². The summed E-state index contributed by atoms with van der Waals surface area (Å²) in [5.41, 5.74) is 0.991. The molecule has 5 atom stereocenters. The zero-order valence-corrected chi connectivity index (χ0v) is 14.6. The van der Waals surface area contributed by atoms with Crippen molar-refractivity contribution in [3.63, 3.8) is 0 Å². The molecule has 3 rings (SSSR count). The molecule has 1 aromatic carbocycles. The standard InChI is InChI=1S/C18H24O7/c1-18(2)24-16-15(22-10-11-7-5-4-6-8-11)14(23-17(16)25-18)12(19)9-13(20)21-3/h4-8,12,14-17,19H,9-10H2,1-3H3/t12-,14-,15-,16+,17+/m1/s1. The maximum absolute atomic E-state index is 11.5. The Hall–Kier alpha value is -1.51. The summed E-state index contributed by atoms with van der Waals surface area (Å²) in [4.78, 5) is 11.5. The van der Waals surface area contributed by atoms with Gasteiger partial charge in [0.1, 0.15) is 18.3 Å². The van der Waals surface area contributed by atoms with Crippen LogP contribution in [0.5, 0.6) is 0 Å². The van der Waals surface area contributed by atoms with E-state index in [9.17, 15) is 9.90 Å². The number of esters is 1. The Morgan fingerprint density at radius 2 is 2.00 bits per heavy atom. The highest BCUT2D eigenvalue weighted by atomic mass is 16.8. The van der Waals surface area contributed by atoms with Gasteiger partial charge in [-0.3, -0.25) is 4.79 Å². The van der Waals surface area contributed by atoms with Crippen molar-refractivity contribution in [2.45, 2.75) is 63.4 Å². The van der Waals surface area contributed by atoms with Crippen molar-refractivity contribution in [3.8, 4) is 0 Å². The number of carbonyl (C=O) groups is 1. The SMILES string of the molecule is COC(=O)C[C@@H](O)[C@H]1O[C@H]2OC(C)(C)O[C@H]2[C@@H]1OCc1ccccc1. The molecule has 7 heteroatoms. The molecule has 2 aliphatic heterocycles. The van der Waals surface area contributed by atoms with Gasteiger partial charge >= 0.3 is 5.97 Å². The van der Waals surface area contributed by atoms with E-state index in [1.54, 1.807) is 13.8 Å². The minimum absolute atomic E-state index is 0.185. The fourth-order valence-corrected chi connectivity index (χ4v) is 3.14. The van der Waals surface area contributed by atoms with Crippen LogP contribution in [-0.4, -0.2) is 54.7 Å². The molecule has 2 fully saturated rings. The molecule has 0 spiro atoms. The Morgan fingerprint density at radius 1 is 1.28 bits per heavy atom. The minimum Gasteiger partial charge on any atom is -0.469 e. The van der Waals surface area contributed by atoms with Crippen molar-refractivity contribution >= 4 is 5.97 Å². The predicted octanol–water partition coefficient (Wildman–Crippen LogP) is 1.37. The first-order valence-electron chi connectivity index (χ1n) is 8.31. The number of fused-ring (bicyclic) bond motifs is 1. The summed E-state index contributed by atoms with van der Waals surface area (Å²) in [7, 11) is 1.28. The van der Waals surface area contributed by atoms with Crippen molar-refractivity contribution in [2.75, 3.05) is 7.11 Å². The number of hydrogen-bond acceptors (Lipinski definition) is 7. The number of hydrogen-bond donors (Lipinski definition) is 1. The van der Waals surface area contributed by atoms with Crippen LogP contribution in [0, 0.1) is 0 Å². The summed E-state index contributed by atoms with van der Waals surface area (Å²) in [6, 6.07) is 9.67. The quantitative estimate of drug-likeness (QED) is 0.774. The number of methoxy groups -OCH3 is 1. The minimum atomic E-state index is -1.07. The molecule has 0 unspecified atom stereocenters. The number of aliphatic hydroxyl groups excluding tert-OH is 1. The summed E-state index contributed by atoms with van der Waals surface area (Å²) >= 11 is 0. The Kier molecular flexibility index (Phi) is 5.41. The van der Waals surface area contributed by atoms with E-state index in [4.69, 9.17) is 18.9 Å². The van der Waals surface area contributed by atoms with E-state index in [1.807, 2.05) is 30.3 Å². The monoisotopic (exact) mass is 352 g/mol. The van der Waals surface area contributed by atoms with Crippen LogP contribution >= 0.6 is 0 Å². The predicted molar refractivity (Wildman–Crippen MR) is 86.4 cm³/mol. The summed E-state index contributed by atoms with van der Waals surface area (Å²) < 4.78 is 28.0. The third kappa shape index (κ3) is 4.19. The van der Waals surface area contributed by atoms with Gasteiger partial charge in [-0.15, -0.1) is 0 Å². The van der Waals surface area contributed by atoms with E-state index in [1.165, 1.54) is 7.11 Å². The zero-order valence-electron chi connectivity index (χ0n) is 14.6. The van der Waals surface area contributed by atoms with E-state index >= 15 is 0 Å². The second-order valence-corrected chi connectivity index (χ2v) is 6.68. The molecule has 0 amide bonds. The summed E-state index contributed by atoms with van der Waals surface area (Å²) in [6.45, 7) is 3.93. The number of rotatable bonds is 6. The first kappa shape index (κ1) is 18.3. The molecule has 1 aromatic rings. The molecule has 2 heterocycles. The Bertz CT molecular complexity index is 588. The van der Waals surface area contributed by atoms with E-state index in [-0.39, 0.29) is 6.42 Å². The lowest BCUT2D eigenvalue weighted by molar-refractivity contribution is -0.231. The van der Waals surface area contributed by atoms with Gasteiger partial charge in [0.25, 0.3) is 0 Å². The van der Waals surface area contributed by atoms with Crippen LogP contribution in [0.1, 0.15) is 25.8 Å². The molecule has 0 radical (unpaired) electrons. The lowest BCUT2D eigenvalue weighted by Gasteiger charge is -2.28. The summed E-state index contributed by atoms with van der Waals surface area (Å²) in [6.07, 6.45) is -3.69. The van der Waals surface area contributed by atoms with E-state index in [0.29, 0.717) is 6.61 Å². The highest BCUT2D eigenvalue weighted by molar-refractivity contribution is 5.69. The molecule has 2 aliphatic rings. The van der Waals surface area contributed by atoms with E-state index < -0.39 is 42.5 Å². The molecular weight excluding hydrogens is 328 g/mol. The Balaban J connectivity index is 1.71. The lowest BCUT2D eigenvalue weighted by Crippen LogP contribution is -2.43. The fraction of sp³-hybridized carbons (Fsp3) is 0.611. The zero-order chi connectivity index (χ0) is 18.0. The second kappa shape index (κ2) is 7.39. The van der Waals surface area contributed by atoms with Crippen LogP contribution in [0.15, 0.2) is 30.3 Å². The van der Waals surface area contributed by atoms with Gasteiger partial charge in [-0.05, 0) is 19.4 Å². The topological polar surface area (TPSA) is 83.5 Å². The van der Waals surface area contributed by atoms with Crippen LogP contribution in [-0.2, 0) is 35.1 Å². The largest absolute Gasteiger partial charge is 0.469 e. The fourth-order valence-electron chi connectivity index (χ4n) is 3.14. The van der Waals surface area contributed by atoms with Crippen LogP contribution in [0.25, 0.3) is 0 Å². The van der Waals surface area contributed by atoms with Gasteiger partial charge in [0, 0.05) is 0 Å². The number of carbonyl (C=O) groups excluding carboxylic acids is 1. The van der Waals surface area contributed by atoms with Crippen molar-refractivity contribution in [2.24, 2.45) is 0 Å². The highest BCUT2D eigenvalue weighted by Gasteiger charge is 2.57. The maximum atomic E-state index is 11.5. The molecule has 0 bridgehead atoms. The van der Waals surface area contributed by atoms with Gasteiger partial charge in [0.2, 0.25) is 0 Å². The van der Waals surface area contributed by atoms with E-state index in [2.05, 4.69) is 4.74 Å². The van der Waals surface area contributed by atoms with Crippen LogP contribution in [0.4, 0.5) is 0 Å². The number of ether oxygens (including phenoxy) is 5. The molecule has 138 valence electrons. The van der Waals surface area contributed by atoms with Gasteiger partial charge in [-0.2, -0.15) is 0 Å². The van der Waals surface area contributed by atoms with Gasteiger partial charge in [0.15, 0.2) is 12.1 Å². The van der Waals surface area contributed by atoms with Gasteiger partial charge < -0.3 is 28.8 Å². The molecule has 25 heavy (non-hydrogen) atoms. The average molecular weight is 352 g/mol. The Labute approximate surface area is 146 Å². The molecule has 2 saturated heterocycles. The van der Waals surface area contributed by atoms with Gasteiger partial charge in [0.05, 0.1) is 26.2 Å². The first-order chi connectivity index (χ1) is 11.9. The van der Waals surface area contributed by atoms with Crippen molar-refractivity contribution < 1.29 is 33.6 Å².